The van der Waals surface area contributed by atoms with Gasteiger partial charge in [-0.25, -0.2) is 0 Å². The fourth-order valence-corrected chi connectivity index (χ4v) is 12.2. The second kappa shape index (κ2) is 12.2. The van der Waals surface area contributed by atoms with Crippen molar-refractivity contribution in [2.45, 2.75) is 110 Å². The second-order valence-electron chi connectivity index (χ2n) is 21.3. The molecule has 61 heavy (non-hydrogen) atoms. The van der Waals surface area contributed by atoms with E-state index in [0.717, 1.165) is 17.6 Å². The van der Waals surface area contributed by atoms with E-state index in [4.69, 9.17) is 4.42 Å². The monoisotopic (exact) mass is 794 g/mol. The summed E-state index contributed by atoms with van der Waals surface area (Å²) < 4.78 is 7.18. The van der Waals surface area contributed by atoms with E-state index in [1.165, 1.54) is 113 Å². The zero-order valence-electron chi connectivity index (χ0n) is 37.3. The number of furan rings is 1. The Bertz CT molecular complexity index is 3180. The van der Waals surface area contributed by atoms with Crippen LogP contribution in [0.25, 0.3) is 55.0 Å². The maximum Gasteiger partial charge on any atom is 0.333 e. The fourth-order valence-electron chi connectivity index (χ4n) is 12.2. The van der Waals surface area contributed by atoms with Gasteiger partial charge in [-0.05, 0) is 135 Å². The summed E-state index contributed by atoms with van der Waals surface area (Å²) in [5.74, 6) is 0. The van der Waals surface area contributed by atoms with E-state index < -0.39 is 0 Å². The molecule has 0 bridgehead atoms. The molecule has 0 spiro atoms. The molecule has 4 aliphatic rings. The van der Waals surface area contributed by atoms with Crippen LogP contribution in [0.5, 0.6) is 0 Å². The average molecular weight is 795 g/mol. The number of fused-ring (bicyclic) bond motifs is 13. The molecule has 0 saturated heterocycles. The van der Waals surface area contributed by atoms with Gasteiger partial charge in [0.15, 0.2) is 0 Å². The van der Waals surface area contributed by atoms with Crippen LogP contribution in [0.2, 0.25) is 0 Å². The molecule has 0 N–H and O–H groups in total. The Kier molecular flexibility index (Phi) is 7.42. The van der Waals surface area contributed by atoms with Gasteiger partial charge in [-0.15, -0.1) is 0 Å². The van der Waals surface area contributed by atoms with E-state index in [-0.39, 0.29) is 28.6 Å². The number of rotatable bonds is 2. The van der Waals surface area contributed by atoms with Gasteiger partial charge in [-0.1, -0.05) is 140 Å². The normalized spacial score (nSPS) is 20.3. The summed E-state index contributed by atoms with van der Waals surface area (Å²) in [5, 5.41) is 4.99. The Morgan fingerprint density at radius 1 is 0.623 bits per heavy atom. The third-order valence-corrected chi connectivity index (χ3v) is 15.8. The van der Waals surface area contributed by atoms with E-state index in [9.17, 15) is 0 Å². The fraction of sp³-hybridized carbons (Fsp3) is 0.298. The molecular formula is C57H55BN2O. The van der Waals surface area contributed by atoms with Crippen molar-refractivity contribution in [3.05, 3.63) is 144 Å². The molecule has 302 valence electrons. The van der Waals surface area contributed by atoms with Crippen molar-refractivity contribution in [3.8, 4) is 22.3 Å². The molecule has 12 rings (SSSR count). The van der Waals surface area contributed by atoms with Crippen LogP contribution in [0.1, 0.15) is 103 Å². The summed E-state index contributed by atoms with van der Waals surface area (Å²) in [6, 6.07) is 46.5. The number of hydrogen-bond acceptors (Lipinski definition) is 3. The SMILES string of the molecule is Cc1cc(-c2ccccc2)ccc1N1B2c3cc(C(C)(C)C)cc4c3N(c3c2c(cc2ccccc32)-c2c1ccc1c2oc2ccc(C(C)(C)C)cc21)C1(C)CCCCC41C. The highest BCUT2D eigenvalue weighted by molar-refractivity contribution is 6.94. The highest BCUT2D eigenvalue weighted by Crippen LogP contribution is 2.63. The van der Waals surface area contributed by atoms with Gasteiger partial charge in [0.05, 0.1) is 5.54 Å². The quantitative estimate of drug-likeness (QED) is 0.163. The van der Waals surface area contributed by atoms with E-state index in [1.54, 1.807) is 5.56 Å². The highest BCUT2D eigenvalue weighted by Gasteiger charge is 2.62. The number of aryl methyl sites for hydroxylation is 1. The topological polar surface area (TPSA) is 19.6 Å². The van der Waals surface area contributed by atoms with Crippen molar-refractivity contribution >= 4 is 73.2 Å². The second-order valence-corrected chi connectivity index (χ2v) is 21.3. The Balaban J connectivity index is 1.25. The molecule has 2 unspecified atom stereocenters. The number of benzene rings is 7. The van der Waals surface area contributed by atoms with Gasteiger partial charge < -0.3 is 14.1 Å². The maximum atomic E-state index is 7.18. The molecule has 8 aromatic rings. The third-order valence-electron chi connectivity index (χ3n) is 15.8. The van der Waals surface area contributed by atoms with Gasteiger partial charge in [0.1, 0.15) is 11.2 Å². The minimum Gasteiger partial charge on any atom is -0.455 e. The van der Waals surface area contributed by atoms with Crippen LogP contribution in [0.4, 0.5) is 22.7 Å². The van der Waals surface area contributed by atoms with Crippen molar-refractivity contribution < 1.29 is 4.42 Å². The Morgan fingerprint density at radius 3 is 2.13 bits per heavy atom. The van der Waals surface area contributed by atoms with Crippen molar-refractivity contribution in [3.63, 3.8) is 0 Å². The van der Waals surface area contributed by atoms with Gasteiger partial charge in [-0.2, -0.15) is 0 Å². The largest absolute Gasteiger partial charge is 0.455 e. The zero-order valence-corrected chi connectivity index (χ0v) is 37.3. The summed E-state index contributed by atoms with van der Waals surface area (Å²) in [6.07, 6.45) is 4.86. The number of nitrogens with zero attached hydrogens (tertiary/aromatic N) is 2. The van der Waals surface area contributed by atoms with Crippen LogP contribution < -0.4 is 20.6 Å². The van der Waals surface area contributed by atoms with Crippen LogP contribution >= 0.6 is 0 Å². The molecule has 1 fully saturated rings. The molecule has 0 amide bonds. The van der Waals surface area contributed by atoms with Crippen LogP contribution in [0.3, 0.4) is 0 Å². The molecule has 2 atom stereocenters. The van der Waals surface area contributed by atoms with Gasteiger partial charge in [0.2, 0.25) is 0 Å². The van der Waals surface area contributed by atoms with E-state index in [2.05, 4.69) is 193 Å². The molecule has 1 aliphatic carbocycles. The highest BCUT2D eigenvalue weighted by atomic mass is 16.3. The lowest BCUT2D eigenvalue weighted by Gasteiger charge is -2.53. The minimum atomic E-state index is -0.0885. The van der Waals surface area contributed by atoms with Crippen LogP contribution in [-0.4, -0.2) is 12.4 Å². The third kappa shape index (κ3) is 4.88. The lowest BCUT2D eigenvalue weighted by molar-refractivity contribution is 0.195. The Labute approximate surface area is 361 Å². The first-order valence-corrected chi connectivity index (χ1v) is 22.7. The zero-order chi connectivity index (χ0) is 42.0. The first-order chi connectivity index (χ1) is 29.2. The summed E-state index contributed by atoms with van der Waals surface area (Å²) >= 11 is 0. The van der Waals surface area contributed by atoms with Gasteiger partial charge in [-0.3, -0.25) is 0 Å². The van der Waals surface area contributed by atoms with Gasteiger partial charge in [0, 0.05) is 49.9 Å². The van der Waals surface area contributed by atoms with Crippen LogP contribution in [0.15, 0.2) is 126 Å². The first kappa shape index (κ1) is 37.1. The van der Waals surface area contributed by atoms with Crippen molar-refractivity contribution in [2.75, 3.05) is 9.71 Å². The van der Waals surface area contributed by atoms with E-state index in [1.807, 2.05) is 0 Å². The lowest BCUT2D eigenvalue weighted by Crippen LogP contribution is -2.65. The Morgan fingerprint density at radius 2 is 1.36 bits per heavy atom. The summed E-state index contributed by atoms with van der Waals surface area (Å²) in [5.41, 5.74) is 20.5. The molecule has 4 heteroatoms. The molecule has 4 heterocycles. The molecule has 3 aliphatic heterocycles. The van der Waals surface area contributed by atoms with E-state index >= 15 is 0 Å². The Hall–Kier alpha value is -5.74. The first-order valence-electron chi connectivity index (χ1n) is 22.7. The van der Waals surface area contributed by atoms with Crippen molar-refractivity contribution in [1.29, 1.82) is 0 Å². The predicted molar refractivity (Wildman–Crippen MR) is 261 cm³/mol. The predicted octanol–water partition coefficient (Wildman–Crippen LogP) is 14.3. The minimum absolute atomic E-state index is 0.00436. The van der Waals surface area contributed by atoms with Gasteiger partial charge in [0.25, 0.3) is 0 Å². The smallest absolute Gasteiger partial charge is 0.333 e. The van der Waals surface area contributed by atoms with E-state index in [0.29, 0.717) is 0 Å². The van der Waals surface area contributed by atoms with Crippen molar-refractivity contribution in [1.82, 2.24) is 0 Å². The molecule has 1 saturated carbocycles. The lowest BCUT2D eigenvalue weighted by atomic mass is 9.42. The standard InChI is InChI=1S/C57H55BN2O/c1-34-29-36(35-17-11-10-12-18-35)21-24-46(34)60-47-25-23-41-42-31-38(54(2,3)4)22-26-48(42)61-53(41)49(47)43-30-37-19-13-14-20-40(37)51-50(43)58(60)45-33-39(55(5,6)7)32-44-52(45)59(51)57(9)28-16-15-27-56(44,57)8/h10-14,17-26,29-33H,15-16,27-28H2,1-9H3. The number of hydrogen-bond donors (Lipinski definition) is 0. The van der Waals surface area contributed by atoms with Crippen LogP contribution in [0, 0.1) is 6.92 Å². The average Bonchev–Trinajstić information content (AvgIpc) is 3.71. The summed E-state index contributed by atoms with van der Waals surface area (Å²) in [6.45, 7) is 21.6. The molecule has 0 radical (unpaired) electrons. The summed E-state index contributed by atoms with van der Waals surface area (Å²) in [7, 11) is 0. The van der Waals surface area contributed by atoms with Crippen molar-refractivity contribution in [2.24, 2.45) is 0 Å². The molecule has 3 nitrogen and oxygen atoms in total. The molecule has 1 aromatic heterocycles. The maximum absolute atomic E-state index is 7.18. The van der Waals surface area contributed by atoms with Gasteiger partial charge >= 0.3 is 6.85 Å². The van der Waals surface area contributed by atoms with Crippen LogP contribution in [-0.2, 0) is 16.2 Å². The number of anilines is 4. The summed E-state index contributed by atoms with van der Waals surface area (Å²) in [4.78, 5) is 5.61. The molecule has 7 aromatic carbocycles. The molecular weight excluding hydrogens is 739 g/mol.